The van der Waals surface area contributed by atoms with Crippen LogP contribution in [0, 0.1) is 5.92 Å². The van der Waals surface area contributed by atoms with Gasteiger partial charge < -0.3 is 71.1 Å². The summed E-state index contributed by atoms with van der Waals surface area (Å²) in [5, 5.41) is 0. The van der Waals surface area contributed by atoms with Crippen molar-refractivity contribution in [3.8, 4) is 0 Å². The lowest BCUT2D eigenvalue weighted by atomic mass is 9.94. The summed E-state index contributed by atoms with van der Waals surface area (Å²) in [6, 6.07) is 63.7. The first-order valence-corrected chi connectivity index (χ1v) is 44.5. The number of ether oxygens (including phenoxy) is 15. The summed E-state index contributed by atoms with van der Waals surface area (Å²) in [4.78, 5) is 59.2. The molecule has 7 aromatic carbocycles. The van der Waals surface area contributed by atoms with Gasteiger partial charge in [0.2, 0.25) is 0 Å². The molecule has 0 N–H and O–H groups in total. The highest BCUT2D eigenvalue weighted by atomic mass is 16.8. The zero-order valence-corrected chi connectivity index (χ0v) is 70.8. The van der Waals surface area contributed by atoms with Crippen LogP contribution < -0.4 is 0 Å². The Balaban J connectivity index is 1.01. The maximum absolute atomic E-state index is 15.6. The van der Waals surface area contributed by atoms with Gasteiger partial charge in [0.15, 0.2) is 36.9 Å². The highest BCUT2D eigenvalue weighted by Crippen LogP contribution is 2.43. The Kier molecular flexibility index (Phi) is 38.8. The third-order valence-corrected chi connectivity index (χ3v) is 22.9. The number of rotatable bonds is 52. The predicted octanol–water partition coefficient (Wildman–Crippen LogP) is 21.2. The van der Waals surface area contributed by atoms with Gasteiger partial charge in [0.05, 0.1) is 54.8 Å². The van der Waals surface area contributed by atoms with E-state index in [4.69, 9.17) is 71.1 Å². The molecule has 4 fully saturated rings. The Labute approximate surface area is 706 Å². The fourth-order valence-electron chi connectivity index (χ4n) is 16.3. The van der Waals surface area contributed by atoms with Crippen molar-refractivity contribution in [2.24, 2.45) is 5.92 Å². The number of fused-ring (bicyclic) bond motifs is 1. The summed E-state index contributed by atoms with van der Waals surface area (Å²) in [7, 11) is 0. The van der Waals surface area contributed by atoms with Gasteiger partial charge in [-0.15, -0.1) is 0 Å². The molecule has 7 aromatic rings. The Morgan fingerprint density at radius 3 is 1.09 bits per heavy atom. The Bertz CT molecular complexity index is 3930. The average Bonchev–Trinajstić information content (AvgIpc) is 1.63. The van der Waals surface area contributed by atoms with Crippen LogP contribution >= 0.6 is 0 Å². The molecule has 4 aliphatic heterocycles. The van der Waals surface area contributed by atoms with Crippen molar-refractivity contribution in [2.45, 2.75) is 319 Å². The maximum Gasteiger partial charge on any atom is 0.338 e. The smallest absolute Gasteiger partial charge is 0.338 e. The first-order valence-electron chi connectivity index (χ1n) is 44.5. The van der Waals surface area contributed by atoms with Crippen LogP contribution in [0.2, 0.25) is 0 Å². The summed E-state index contributed by atoms with van der Waals surface area (Å²) in [6.07, 6.45) is 11.6. The number of hydrogen-bond acceptors (Lipinski definition) is 19. The highest BCUT2D eigenvalue weighted by Gasteiger charge is 2.61. The van der Waals surface area contributed by atoms with E-state index in [1.54, 1.807) is 129 Å². The number of hydrogen-bond donors (Lipinski definition) is 0. The zero-order valence-electron chi connectivity index (χ0n) is 70.8. The van der Waals surface area contributed by atoms with E-state index < -0.39 is 135 Å². The molecule has 0 aromatic heterocycles. The lowest BCUT2D eigenvalue weighted by Gasteiger charge is -2.51. The normalized spacial score (nSPS) is 24.0. The third kappa shape index (κ3) is 29.6. The molecule has 4 aliphatic rings. The van der Waals surface area contributed by atoms with E-state index in [1.807, 2.05) is 104 Å². The van der Waals surface area contributed by atoms with Crippen molar-refractivity contribution < 1.29 is 90.2 Å². The maximum atomic E-state index is 15.6. The van der Waals surface area contributed by atoms with E-state index in [9.17, 15) is 14.4 Å². The quantitative estimate of drug-likeness (QED) is 0.0197. The molecule has 19 nitrogen and oxygen atoms in total. The van der Waals surface area contributed by atoms with E-state index in [2.05, 4.69) is 13.8 Å². The molecule has 644 valence electrons. The minimum atomic E-state index is -1.71. The van der Waals surface area contributed by atoms with Crippen LogP contribution in [0.25, 0.3) is 0 Å². The summed E-state index contributed by atoms with van der Waals surface area (Å²) in [5.74, 6) is -4.12. The number of carbonyl (C=O) groups excluding carboxylic acids is 4. The lowest BCUT2D eigenvalue weighted by molar-refractivity contribution is -0.387. The minimum Gasteiger partial charge on any atom is -0.459 e. The lowest BCUT2D eigenvalue weighted by Crippen LogP contribution is -2.68. The Morgan fingerprint density at radius 1 is 0.328 bits per heavy atom. The van der Waals surface area contributed by atoms with Gasteiger partial charge in [0.25, 0.3) is 0 Å². The Morgan fingerprint density at radius 2 is 0.664 bits per heavy atom. The van der Waals surface area contributed by atoms with Crippen LogP contribution in [0.5, 0.6) is 0 Å². The fraction of sp³-hybridized carbons (Fsp3) is 0.540. The van der Waals surface area contributed by atoms with Crippen LogP contribution in [0.1, 0.15) is 260 Å². The molecule has 19 heteroatoms. The summed E-state index contributed by atoms with van der Waals surface area (Å²) < 4.78 is 106. The monoisotopic (exact) mass is 1630 g/mol. The first kappa shape index (κ1) is 91.7. The first-order chi connectivity index (χ1) is 58.3. The Hall–Kier alpha value is -8.02. The average molecular weight is 1640 g/mol. The molecule has 0 radical (unpaired) electrons. The summed E-state index contributed by atoms with van der Waals surface area (Å²) in [5.41, 5.74) is 3.59. The van der Waals surface area contributed by atoms with E-state index in [1.165, 1.54) is 116 Å². The molecule has 0 unspecified atom stereocenters. The number of benzene rings is 7. The largest absolute Gasteiger partial charge is 0.459 e. The molecule has 0 spiro atoms. The van der Waals surface area contributed by atoms with E-state index >= 15 is 4.79 Å². The zero-order chi connectivity index (χ0) is 83.1. The molecule has 0 saturated carbocycles. The number of esters is 4. The molecule has 11 rings (SSSR count). The van der Waals surface area contributed by atoms with E-state index in [0.717, 1.165) is 68.1 Å². The van der Waals surface area contributed by atoms with Gasteiger partial charge in [-0.1, -0.05) is 332 Å². The minimum absolute atomic E-state index is 0.0427. The van der Waals surface area contributed by atoms with Crippen LogP contribution in [-0.4, -0.2) is 142 Å². The molecule has 4 saturated heterocycles. The van der Waals surface area contributed by atoms with Crippen LogP contribution in [0.15, 0.2) is 212 Å². The molecule has 0 aliphatic carbocycles. The molecular formula is C100H130O19. The van der Waals surface area contributed by atoms with Crippen LogP contribution in [-0.2, 0) is 90.9 Å². The molecular weight excluding hydrogens is 1510 g/mol. The standard InChI is InChI=1S/C100H130O19/c1-6-8-10-12-14-16-18-20-22-24-26-35-51-77(52-36-27-25-23-21-19-17-15-13-11-9-7-2)70-110-97-91(114-95(103)80-63-47-33-48-64-80)88(117-98-90(107-69-76-57-41-30-42-58-76)87(106-68-75-55-39-29-40-56-75)84(73(3)111-98)105-67-74-53-37-28-38-54-74)85(82(112-97)71-108-93(101)78-59-43-31-44-60-78)116-99-92(115-96(104)81-65-49-34-50-66-81)89-86(118-100(4,5)119-89)83(113-99)72-109-94(102)79-61-45-32-46-62-79/h28-34,37-50,53-66,73,77,82-92,97-99H,6-27,35-36,51-52,67-72H2,1-5H3/t73-,82+,83+,84+,85+,86-,87+,88-,89-,90-,91+,92+,97+,98-,99-/m0/s1. The molecule has 119 heavy (non-hydrogen) atoms. The van der Waals surface area contributed by atoms with Gasteiger partial charge in [-0.2, -0.15) is 0 Å². The van der Waals surface area contributed by atoms with E-state index in [-0.39, 0.29) is 49.0 Å². The molecule has 15 atom stereocenters. The van der Waals surface area contributed by atoms with Crippen molar-refractivity contribution in [2.75, 3.05) is 19.8 Å². The van der Waals surface area contributed by atoms with Gasteiger partial charge >= 0.3 is 23.9 Å². The fourth-order valence-corrected chi connectivity index (χ4v) is 16.3. The van der Waals surface area contributed by atoms with E-state index in [0.29, 0.717) is 5.56 Å². The SMILES string of the molecule is CCCCCCCCCCCCCCC(CCCCCCCCCCCCCC)CO[C@@H]1O[C@H](COC(=O)c2ccccc2)[C@@H](O[C@@H]2O[C@H](COC(=O)c3ccccc3)[C@@H]3OC(C)(C)O[C@@H]3[C@H]2OC(=O)c2ccccc2)[C@H](O[C@@H]2O[C@@H](C)[C@@H](OCc3ccccc3)[C@@H](OCc3ccccc3)[C@@H]2OCc2ccccc2)[C@H]1OC(=O)c1ccccc1. The summed E-state index contributed by atoms with van der Waals surface area (Å²) >= 11 is 0. The van der Waals surface area contributed by atoms with Gasteiger partial charge in [0.1, 0.15) is 68.1 Å². The second-order valence-electron chi connectivity index (χ2n) is 32.8. The predicted molar refractivity (Wildman–Crippen MR) is 456 cm³/mol. The van der Waals surface area contributed by atoms with Crippen LogP contribution in [0.4, 0.5) is 0 Å². The molecule has 4 heterocycles. The van der Waals surface area contributed by atoms with Crippen molar-refractivity contribution in [1.29, 1.82) is 0 Å². The summed E-state index contributed by atoms with van der Waals surface area (Å²) in [6.45, 7) is 9.50. The van der Waals surface area contributed by atoms with Crippen molar-refractivity contribution in [3.05, 3.63) is 251 Å². The number of unbranched alkanes of at least 4 members (excludes halogenated alkanes) is 22. The van der Waals surface area contributed by atoms with Gasteiger partial charge in [-0.25, -0.2) is 19.2 Å². The molecule has 0 amide bonds. The van der Waals surface area contributed by atoms with Crippen LogP contribution in [0.3, 0.4) is 0 Å². The van der Waals surface area contributed by atoms with Crippen molar-refractivity contribution >= 4 is 23.9 Å². The highest BCUT2D eigenvalue weighted by molar-refractivity contribution is 5.91. The third-order valence-electron chi connectivity index (χ3n) is 22.9. The van der Waals surface area contributed by atoms with Gasteiger partial charge in [-0.3, -0.25) is 0 Å². The van der Waals surface area contributed by atoms with Gasteiger partial charge in [0, 0.05) is 0 Å². The van der Waals surface area contributed by atoms with Crippen molar-refractivity contribution in [3.63, 3.8) is 0 Å². The number of carbonyl (C=O) groups is 4. The molecule has 0 bridgehead atoms. The van der Waals surface area contributed by atoms with Gasteiger partial charge in [-0.05, 0) is 105 Å². The topological polar surface area (TPSA) is 207 Å². The van der Waals surface area contributed by atoms with Crippen molar-refractivity contribution in [1.82, 2.24) is 0 Å². The second-order valence-corrected chi connectivity index (χ2v) is 32.8. The second kappa shape index (κ2) is 50.4.